The van der Waals surface area contributed by atoms with E-state index in [1.165, 1.54) is 32.5 Å². The highest BCUT2D eigenvalue weighted by molar-refractivity contribution is 7.10. The van der Waals surface area contributed by atoms with Crippen molar-refractivity contribution in [2.45, 2.75) is 24.2 Å². The van der Waals surface area contributed by atoms with Crippen molar-refractivity contribution in [3.8, 4) is 0 Å². The molecule has 4 saturated heterocycles. The fraction of sp³-hybridized carbons (Fsp3) is 0.200. The predicted octanol–water partition coefficient (Wildman–Crippen LogP) is 4.25. The number of fused-ring (bicyclic) bond motifs is 5. The summed E-state index contributed by atoms with van der Waals surface area (Å²) in [4.78, 5) is 61.0. The van der Waals surface area contributed by atoms with Crippen molar-refractivity contribution in [2.75, 3.05) is 9.80 Å². The maximum Gasteiger partial charge on any atom is 0.253 e. The third-order valence-electron chi connectivity index (χ3n) is 8.42. The number of imide groups is 2. The Morgan fingerprint density at radius 2 is 0.850 bits per heavy atom. The lowest BCUT2D eigenvalue weighted by atomic mass is 9.88. The van der Waals surface area contributed by atoms with E-state index in [-0.39, 0.29) is 23.6 Å². The minimum atomic E-state index is -0.830. The summed E-state index contributed by atoms with van der Waals surface area (Å²) in [5.74, 6) is -2.66. The third kappa shape index (κ3) is 3.07. The topological polar surface area (TPSA) is 81.2 Å². The molecule has 4 aliphatic rings. The van der Waals surface area contributed by atoms with E-state index in [0.717, 1.165) is 9.75 Å². The number of carbonyl (C=O) groups is 4. The molecular formula is C30H22N4O4S2. The molecule has 4 amide bonds. The largest absolute Gasteiger partial charge is 0.274 e. The molecule has 6 heterocycles. The van der Waals surface area contributed by atoms with Crippen LogP contribution in [0, 0.1) is 11.8 Å². The first kappa shape index (κ1) is 23.9. The van der Waals surface area contributed by atoms with Crippen LogP contribution >= 0.6 is 22.7 Å². The number of rotatable bonds is 4. The van der Waals surface area contributed by atoms with Gasteiger partial charge in [0.1, 0.15) is 12.1 Å². The molecule has 4 fully saturated rings. The average Bonchev–Trinajstić information content (AvgIpc) is 3.80. The highest BCUT2D eigenvalue weighted by Crippen LogP contribution is 2.60. The zero-order valence-corrected chi connectivity index (χ0v) is 22.6. The standard InChI is InChI=1S/C30H22N4O4S2/c35-27-21-23(19-13-7-15-39-19)34-26-22(28(36)32(30(26)38)18-11-5-2-6-12-18)24(20-14-8-16-40-20)33(34)25(21)29(37)31(27)17-9-3-1-4-10-17/h1-16,21-26H/t21-,22-,23-,24+,25+,26-/m0/s1. The molecule has 0 unspecified atom stereocenters. The van der Waals surface area contributed by atoms with Crippen LogP contribution in [0.15, 0.2) is 95.7 Å². The average molecular weight is 567 g/mol. The second kappa shape index (κ2) is 8.77. The number of anilines is 2. The summed E-state index contributed by atoms with van der Waals surface area (Å²) < 4.78 is 0. The van der Waals surface area contributed by atoms with Crippen molar-refractivity contribution >= 4 is 57.7 Å². The number of nitrogens with zero attached hydrogens (tertiary/aromatic N) is 4. The van der Waals surface area contributed by atoms with Crippen molar-refractivity contribution < 1.29 is 19.2 Å². The molecule has 0 radical (unpaired) electrons. The summed E-state index contributed by atoms with van der Waals surface area (Å²) in [6.07, 6.45) is 0. The Morgan fingerprint density at radius 3 is 1.20 bits per heavy atom. The summed E-state index contributed by atoms with van der Waals surface area (Å²) in [5, 5.41) is 7.70. The van der Waals surface area contributed by atoms with Gasteiger partial charge >= 0.3 is 0 Å². The Hall–Kier alpha value is -3.96. The molecule has 10 heteroatoms. The molecule has 6 atom stereocenters. The second-order valence-electron chi connectivity index (χ2n) is 10.3. The van der Waals surface area contributed by atoms with Gasteiger partial charge in [-0.3, -0.25) is 19.2 Å². The van der Waals surface area contributed by atoms with E-state index in [2.05, 4.69) is 0 Å². The minimum absolute atomic E-state index is 0.285. The van der Waals surface area contributed by atoms with Gasteiger partial charge < -0.3 is 0 Å². The Labute approximate surface area is 237 Å². The van der Waals surface area contributed by atoms with Crippen LogP contribution in [-0.2, 0) is 19.2 Å². The lowest BCUT2D eigenvalue weighted by Gasteiger charge is -2.35. The molecule has 8 rings (SSSR count). The van der Waals surface area contributed by atoms with Crippen LogP contribution in [0.1, 0.15) is 21.8 Å². The van der Waals surface area contributed by atoms with E-state index in [1.54, 1.807) is 48.5 Å². The Bertz CT molecular complexity index is 1520. The number of para-hydroxylation sites is 2. The van der Waals surface area contributed by atoms with Crippen molar-refractivity contribution in [1.82, 2.24) is 10.0 Å². The van der Waals surface area contributed by atoms with Crippen molar-refractivity contribution in [3.63, 3.8) is 0 Å². The SMILES string of the molecule is O=C1[C@@H]2[C@@H](C(=O)N1c1ccccc1)N1[C@@H](c3cccs3)[C@@H]3C(=O)N(c4ccccc4)C(=O)[C@@H]3N1[C@@H]2c1cccs1. The first-order chi connectivity index (χ1) is 19.6. The number of benzene rings is 2. The molecule has 4 aromatic rings. The maximum absolute atomic E-state index is 14.2. The van der Waals surface area contributed by atoms with Gasteiger partial charge in [-0.05, 0) is 47.2 Å². The summed E-state index contributed by atoms with van der Waals surface area (Å²) in [5.41, 5.74) is 1.05. The molecule has 2 aromatic carbocycles. The van der Waals surface area contributed by atoms with Gasteiger partial charge in [0.25, 0.3) is 11.8 Å². The van der Waals surface area contributed by atoms with Gasteiger partial charge in [-0.1, -0.05) is 48.5 Å². The van der Waals surface area contributed by atoms with Crippen molar-refractivity contribution in [3.05, 3.63) is 105 Å². The normalized spacial score (nSPS) is 29.9. The molecule has 2 aromatic heterocycles. The number of hydrogen-bond acceptors (Lipinski definition) is 8. The molecule has 0 spiro atoms. The molecule has 0 bridgehead atoms. The minimum Gasteiger partial charge on any atom is -0.274 e. The van der Waals surface area contributed by atoms with Crippen LogP contribution in [0.3, 0.4) is 0 Å². The molecule has 0 aliphatic carbocycles. The molecule has 4 aliphatic heterocycles. The molecule has 0 saturated carbocycles. The summed E-state index contributed by atoms with van der Waals surface area (Å²) in [6, 6.07) is 22.9. The van der Waals surface area contributed by atoms with Crippen LogP contribution in [0.2, 0.25) is 0 Å². The summed E-state index contributed by atoms with van der Waals surface area (Å²) in [7, 11) is 0. The van der Waals surface area contributed by atoms with E-state index < -0.39 is 36.0 Å². The van der Waals surface area contributed by atoms with Crippen LogP contribution in [0.5, 0.6) is 0 Å². The Balaban J connectivity index is 1.32. The lowest BCUT2D eigenvalue weighted by molar-refractivity contribution is -0.135. The van der Waals surface area contributed by atoms with E-state index >= 15 is 0 Å². The first-order valence-corrected chi connectivity index (χ1v) is 14.8. The fourth-order valence-corrected chi connectivity index (χ4v) is 8.71. The maximum atomic E-state index is 14.2. The molecule has 40 heavy (non-hydrogen) atoms. The van der Waals surface area contributed by atoms with Crippen LogP contribution in [-0.4, -0.2) is 45.7 Å². The van der Waals surface area contributed by atoms with Crippen LogP contribution < -0.4 is 9.80 Å². The molecule has 198 valence electrons. The van der Waals surface area contributed by atoms with E-state index in [1.807, 2.05) is 57.2 Å². The lowest BCUT2D eigenvalue weighted by Crippen LogP contribution is -2.50. The van der Waals surface area contributed by atoms with Gasteiger partial charge in [-0.25, -0.2) is 19.8 Å². The molecular weight excluding hydrogens is 544 g/mol. The van der Waals surface area contributed by atoms with E-state index in [0.29, 0.717) is 11.4 Å². The Morgan fingerprint density at radius 1 is 0.450 bits per heavy atom. The fourth-order valence-electron chi connectivity index (χ4n) is 6.97. The number of thiophene rings is 2. The van der Waals surface area contributed by atoms with Gasteiger partial charge in [-0.2, -0.15) is 0 Å². The van der Waals surface area contributed by atoms with E-state index in [4.69, 9.17) is 0 Å². The van der Waals surface area contributed by atoms with Gasteiger partial charge in [-0.15, -0.1) is 22.7 Å². The quantitative estimate of drug-likeness (QED) is 0.344. The monoisotopic (exact) mass is 566 g/mol. The number of carbonyl (C=O) groups excluding carboxylic acids is 4. The van der Waals surface area contributed by atoms with E-state index in [9.17, 15) is 19.2 Å². The zero-order chi connectivity index (χ0) is 27.1. The van der Waals surface area contributed by atoms with Crippen LogP contribution in [0.4, 0.5) is 11.4 Å². The molecule has 8 nitrogen and oxygen atoms in total. The second-order valence-corrected chi connectivity index (χ2v) is 12.3. The van der Waals surface area contributed by atoms with Gasteiger partial charge in [0.05, 0.1) is 35.3 Å². The number of hydrogen-bond donors (Lipinski definition) is 0. The third-order valence-corrected chi connectivity index (χ3v) is 10.3. The van der Waals surface area contributed by atoms with Crippen molar-refractivity contribution in [1.29, 1.82) is 0 Å². The highest BCUT2D eigenvalue weighted by Gasteiger charge is 2.74. The zero-order valence-electron chi connectivity index (χ0n) is 20.9. The van der Waals surface area contributed by atoms with Crippen LogP contribution in [0.25, 0.3) is 0 Å². The van der Waals surface area contributed by atoms with Crippen molar-refractivity contribution in [2.24, 2.45) is 11.8 Å². The van der Waals surface area contributed by atoms with Gasteiger partial charge in [0.2, 0.25) is 11.8 Å². The van der Waals surface area contributed by atoms with Gasteiger partial charge in [0.15, 0.2) is 0 Å². The predicted molar refractivity (Wildman–Crippen MR) is 150 cm³/mol. The Kier molecular flexibility index (Phi) is 5.24. The molecule has 0 N–H and O–H groups in total. The summed E-state index contributed by atoms with van der Waals surface area (Å²) in [6.45, 7) is 0. The first-order valence-electron chi connectivity index (χ1n) is 13.1. The smallest absolute Gasteiger partial charge is 0.253 e. The highest BCUT2D eigenvalue weighted by atomic mass is 32.1. The summed E-state index contributed by atoms with van der Waals surface area (Å²) >= 11 is 2.99. The number of hydrazine groups is 1. The number of amides is 4. The van der Waals surface area contributed by atoms with Gasteiger partial charge in [0, 0.05) is 9.75 Å².